The van der Waals surface area contributed by atoms with Crippen LogP contribution in [0.2, 0.25) is 0 Å². The van der Waals surface area contributed by atoms with E-state index in [1.165, 1.54) is 25.7 Å². The van der Waals surface area contributed by atoms with Gasteiger partial charge in [-0.3, -0.25) is 4.79 Å². The quantitative estimate of drug-likeness (QED) is 0.581. The molecular weight excluding hydrogens is 392 g/mol. The largest absolute Gasteiger partial charge is 0.512 e. The van der Waals surface area contributed by atoms with E-state index < -0.39 is 6.10 Å². The lowest BCUT2D eigenvalue weighted by Gasteiger charge is -2.26. The van der Waals surface area contributed by atoms with Crippen molar-refractivity contribution in [1.82, 2.24) is 10.2 Å². The summed E-state index contributed by atoms with van der Waals surface area (Å²) < 4.78 is 5.92. The number of carbonyl (C=O) groups excluding carboxylic acids is 1. The van der Waals surface area contributed by atoms with Crippen LogP contribution in [0, 0.1) is 5.92 Å². The number of hydrogen-bond donors (Lipinski definition) is 3. The maximum absolute atomic E-state index is 13.1. The van der Waals surface area contributed by atoms with Gasteiger partial charge in [0, 0.05) is 37.7 Å². The van der Waals surface area contributed by atoms with Gasteiger partial charge in [-0.1, -0.05) is 32.8 Å². The van der Waals surface area contributed by atoms with E-state index >= 15 is 0 Å². The molecule has 6 heteroatoms. The first-order valence-electron chi connectivity index (χ1n) is 11.5. The Morgan fingerprint density at radius 3 is 2.71 bits per heavy atom. The number of amides is 1. The van der Waals surface area contributed by atoms with E-state index in [4.69, 9.17) is 4.74 Å². The van der Waals surface area contributed by atoms with Crippen LogP contribution in [-0.4, -0.2) is 46.3 Å². The third-order valence-electron chi connectivity index (χ3n) is 6.61. The van der Waals surface area contributed by atoms with Crippen molar-refractivity contribution >= 4 is 5.91 Å². The van der Waals surface area contributed by atoms with Gasteiger partial charge in [-0.25, -0.2) is 0 Å². The molecule has 0 saturated heterocycles. The van der Waals surface area contributed by atoms with Gasteiger partial charge in [0.2, 0.25) is 0 Å². The summed E-state index contributed by atoms with van der Waals surface area (Å²) in [7, 11) is 0. The van der Waals surface area contributed by atoms with E-state index in [0.29, 0.717) is 31.3 Å². The molecule has 1 fully saturated rings. The van der Waals surface area contributed by atoms with E-state index in [0.717, 1.165) is 29.0 Å². The Hall–Kier alpha value is -2.31. The van der Waals surface area contributed by atoms with Crippen molar-refractivity contribution < 1.29 is 19.7 Å². The minimum absolute atomic E-state index is 0.0916. The Kier molecular flexibility index (Phi) is 6.68. The number of carbonyl (C=O) groups is 1. The Morgan fingerprint density at radius 1 is 1.23 bits per heavy atom. The molecule has 3 N–H and O–H groups in total. The summed E-state index contributed by atoms with van der Waals surface area (Å²) in [5, 5.41) is 24.1. The fourth-order valence-corrected chi connectivity index (χ4v) is 4.81. The van der Waals surface area contributed by atoms with Crippen LogP contribution in [-0.2, 0) is 17.9 Å². The van der Waals surface area contributed by atoms with Gasteiger partial charge in [-0.05, 0) is 53.7 Å². The molecule has 1 aliphatic heterocycles. The second-order valence-corrected chi connectivity index (χ2v) is 9.25. The van der Waals surface area contributed by atoms with Crippen molar-refractivity contribution in [1.29, 1.82) is 0 Å². The zero-order valence-corrected chi connectivity index (χ0v) is 18.6. The van der Waals surface area contributed by atoms with Gasteiger partial charge in [0.05, 0.1) is 11.9 Å². The van der Waals surface area contributed by atoms with Crippen molar-refractivity contribution in [2.24, 2.45) is 5.92 Å². The van der Waals surface area contributed by atoms with Crippen LogP contribution in [0.4, 0.5) is 0 Å². The second kappa shape index (κ2) is 9.45. The number of fused-ring (bicyclic) bond motifs is 1. The molecule has 1 aromatic rings. The minimum Gasteiger partial charge on any atom is -0.512 e. The molecule has 0 radical (unpaired) electrons. The number of allylic oxidation sites excluding steroid dienone is 2. The lowest BCUT2D eigenvalue weighted by molar-refractivity contribution is -0.128. The van der Waals surface area contributed by atoms with Gasteiger partial charge in [-0.15, -0.1) is 0 Å². The van der Waals surface area contributed by atoms with Crippen LogP contribution < -0.4 is 10.1 Å². The number of hydrogen-bond acceptors (Lipinski definition) is 5. The monoisotopic (exact) mass is 426 g/mol. The van der Waals surface area contributed by atoms with E-state index in [9.17, 15) is 15.0 Å². The molecule has 0 spiro atoms. The third-order valence-corrected chi connectivity index (χ3v) is 6.61. The third kappa shape index (κ3) is 4.96. The Morgan fingerprint density at radius 2 is 1.97 bits per heavy atom. The van der Waals surface area contributed by atoms with Gasteiger partial charge in [0.1, 0.15) is 12.4 Å². The summed E-state index contributed by atoms with van der Waals surface area (Å²) in [6.45, 7) is 6.44. The molecule has 1 unspecified atom stereocenters. The zero-order chi connectivity index (χ0) is 22.0. The lowest BCUT2D eigenvalue weighted by Crippen LogP contribution is -2.33. The molecule has 31 heavy (non-hydrogen) atoms. The first kappa shape index (κ1) is 21.9. The van der Waals surface area contributed by atoms with Gasteiger partial charge < -0.3 is 25.2 Å². The highest BCUT2D eigenvalue weighted by molar-refractivity contribution is 5.95. The van der Waals surface area contributed by atoms with Crippen molar-refractivity contribution in [2.75, 3.05) is 13.2 Å². The number of nitrogens with one attached hydrogen (secondary N) is 1. The molecule has 0 bridgehead atoms. The summed E-state index contributed by atoms with van der Waals surface area (Å²) in [6.07, 6.45) is 5.98. The molecule has 1 atom stereocenters. The summed E-state index contributed by atoms with van der Waals surface area (Å²) >= 11 is 0. The molecule has 168 valence electrons. The number of aliphatic hydroxyl groups is 2. The summed E-state index contributed by atoms with van der Waals surface area (Å²) in [6, 6.07) is 6.66. The number of aliphatic hydroxyl groups excluding tert-OH is 2. The molecule has 1 heterocycles. The van der Waals surface area contributed by atoms with Gasteiger partial charge in [-0.2, -0.15) is 0 Å². The molecular formula is C25H34N2O4. The van der Waals surface area contributed by atoms with Crippen LogP contribution in [0.25, 0.3) is 0 Å². The maximum Gasteiger partial charge on any atom is 0.253 e. The summed E-state index contributed by atoms with van der Waals surface area (Å²) in [5.41, 5.74) is 3.29. The normalized spacial score (nSPS) is 21.6. The fourth-order valence-electron chi connectivity index (χ4n) is 4.81. The van der Waals surface area contributed by atoms with Crippen LogP contribution in [0.5, 0.6) is 5.75 Å². The number of benzene rings is 1. The maximum atomic E-state index is 13.1. The van der Waals surface area contributed by atoms with Gasteiger partial charge >= 0.3 is 0 Å². The van der Waals surface area contributed by atoms with Gasteiger partial charge in [0.25, 0.3) is 5.91 Å². The standard InChI is InChI=1S/C25H34N2O4/c1-16(2)21-12-22(24(29)13-23(21)28)25(30)27-14-17-7-8-20(11-18(17)15-27)31-10-9-26-19-5-3-4-6-19/h7-8,11-12,16,19,24,26,28-29H,3-6,9-10,13-15H2,1-2H3. The molecule has 2 aliphatic carbocycles. The highest BCUT2D eigenvalue weighted by Gasteiger charge is 2.32. The van der Waals surface area contributed by atoms with Crippen LogP contribution in [0.3, 0.4) is 0 Å². The minimum atomic E-state index is -0.968. The summed E-state index contributed by atoms with van der Waals surface area (Å²) in [4.78, 5) is 14.9. The SMILES string of the molecule is CC(C)C1=C(O)CC(O)C(C(=O)N2Cc3ccc(OCCNC4CCCC4)cc3C2)=C1. The van der Waals surface area contributed by atoms with Crippen LogP contribution in [0.15, 0.2) is 41.2 Å². The van der Waals surface area contributed by atoms with E-state index in [-0.39, 0.29) is 24.0 Å². The van der Waals surface area contributed by atoms with Crippen molar-refractivity contribution in [2.45, 2.75) is 71.2 Å². The fraction of sp³-hybridized carbons (Fsp3) is 0.560. The molecule has 0 aromatic heterocycles. The molecule has 1 saturated carbocycles. The number of rotatable bonds is 7. The molecule has 4 rings (SSSR count). The highest BCUT2D eigenvalue weighted by atomic mass is 16.5. The van der Waals surface area contributed by atoms with Crippen molar-refractivity contribution in [3.8, 4) is 5.75 Å². The highest BCUT2D eigenvalue weighted by Crippen LogP contribution is 2.32. The van der Waals surface area contributed by atoms with Crippen LogP contribution >= 0.6 is 0 Å². The molecule has 1 amide bonds. The predicted octanol–water partition coefficient (Wildman–Crippen LogP) is 3.60. The molecule has 3 aliphatic rings. The Labute approximate surface area is 184 Å². The first-order chi connectivity index (χ1) is 14.9. The summed E-state index contributed by atoms with van der Waals surface area (Å²) in [5.74, 6) is 0.924. The van der Waals surface area contributed by atoms with Crippen LogP contribution in [0.1, 0.15) is 57.1 Å². The lowest BCUT2D eigenvalue weighted by atomic mass is 9.89. The smallest absolute Gasteiger partial charge is 0.253 e. The van der Waals surface area contributed by atoms with Crippen molar-refractivity contribution in [3.63, 3.8) is 0 Å². The van der Waals surface area contributed by atoms with E-state index in [1.807, 2.05) is 32.0 Å². The Bertz CT molecular complexity index is 884. The molecule has 6 nitrogen and oxygen atoms in total. The number of ether oxygens (including phenoxy) is 1. The number of nitrogens with zero attached hydrogens (tertiary/aromatic N) is 1. The zero-order valence-electron chi connectivity index (χ0n) is 18.6. The topological polar surface area (TPSA) is 82.0 Å². The first-order valence-corrected chi connectivity index (χ1v) is 11.5. The average molecular weight is 427 g/mol. The average Bonchev–Trinajstić information content (AvgIpc) is 3.40. The van der Waals surface area contributed by atoms with E-state index in [2.05, 4.69) is 5.32 Å². The second-order valence-electron chi connectivity index (χ2n) is 9.25. The van der Waals surface area contributed by atoms with E-state index in [1.54, 1.807) is 11.0 Å². The predicted molar refractivity (Wildman–Crippen MR) is 120 cm³/mol. The Balaban J connectivity index is 1.36. The van der Waals surface area contributed by atoms with Crippen molar-refractivity contribution in [3.05, 3.63) is 52.3 Å². The van der Waals surface area contributed by atoms with Gasteiger partial charge in [0.15, 0.2) is 0 Å². The molecule has 1 aromatic carbocycles.